The summed E-state index contributed by atoms with van der Waals surface area (Å²) < 4.78 is 25.9. The van der Waals surface area contributed by atoms with Gasteiger partial charge in [-0.3, -0.25) is 0 Å². The van der Waals surface area contributed by atoms with Crippen LogP contribution in [0.15, 0.2) is 11.2 Å². The predicted molar refractivity (Wildman–Crippen MR) is 62.7 cm³/mol. The Labute approximate surface area is 96.7 Å². The fourth-order valence-electron chi connectivity index (χ4n) is 1.37. The van der Waals surface area contributed by atoms with Gasteiger partial charge in [-0.2, -0.15) is 0 Å². The van der Waals surface area contributed by atoms with Gasteiger partial charge in [0.2, 0.25) is 0 Å². The molecule has 0 aliphatic carbocycles. The van der Waals surface area contributed by atoms with E-state index in [2.05, 4.69) is 21.6 Å². The van der Waals surface area contributed by atoms with E-state index in [0.717, 1.165) is 25.7 Å². The summed E-state index contributed by atoms with van der Waals surface area (Å²) in [6.07, 6.45) is 5.56. The van der Waals surface area contributed by atoms with E-state index in [1.807, 2.05) is 0 Å². The molecule has 0 aromatic carbocycles. The summed E-state index contributed by atoms with van der Waals surface area (Å²) in [5, 5.41) is 0.139. The third kappa shape index (κ3) is 3.94. The zero-order valence-electron chi connectivity index (χ0n) is 9.78. The van der Waals surface area contributed by atoms with Crippen molar-refractivity contribution in [2.24, 2.45) is 0 Å². The lowest BCUT2D eigenvalue weighted by atomic mass is 10.2. The molecule has 0 atom stereocenters. The summed E-state index contributed by atoms with van der Waals surface area (Å²) in [6.45, 7) is 4.33. The van der Waals surface area contributed by atoms with E-state index in [-0.39, 0.29) is 5.03 Å². The van der Waals surface area contributed by atoms with E-state index < -0.39 is 10.0 Å². The van der Waals surface area contributed by atoms with Crippen LogP contribution in [0.5, 0.6) is 0 Å². The monoisotopic (exact) mass is 245 g/mol. The summed E-state index contributed by atoms with van der Waals surface area (Å²) in [6, 6.07) is 0. The Morgan fingerprint density at radius 3 is 2.69 bits per heavy atom. The topological polar surface area (TPSA) is 74.8 Å². The highest BCUT2D eigenvalue weighted by Gasteiger charge is 2.15. The molecule has 1 rings (SSSR count). The van der Waals surface area contributed by atoms with Gasteiger partial charge in [0, 0.05) is 6.54 Å². The zero-order valence-corrected chi connectivity index (χ0v) is 10.6. The van der Waals surface area contributed by atoms with Crippen LogP contribution in [0.2, 0.25) is 0 Å². The van der Waals surface area contributed by atoms with Crippen molar-refractivity contribution in [3.63, 3.8) is 0 Å². The van der Waals surface area contributed by atoms with Crippen molar-refractivity contribution in [3.8, 4) is 0 Å². The van der Waals surface area contributed by atoms with Crippen molar-refractivity contribution in [2.45, 2.75) is 44.6 Å². The maximum absolute atomic E-state index is 11.7. The molecule has 0 bridgehead atoms. The largest absolute Gasteiger partial charge is 0.332 e. The number of aryl methyl sites for hydroxylation is 1. The third-order valence-corrected chi connectivity index (χ3v) is 3.66. The molecule has 0 saturated carbocycles. The van der Waals surface area contributed by atoms with Crippen molar-refractivity contribution in [1.29, 1.82) is 0 Å². The molecule has 0 radical (unpaired) electrons. The van der Waals surface area contributed by atoms with Gasteiger partial charge < -0.3 is 4.98 Å². The molecule has 6 heteroatoms. The van der Waals surface area contributed by atoms with Crippen molar-refractivity contribution in [1.82, 2.24) is 14.7 Å². The van der Waals surface area contributed by atoms with E-state index in [1.54, 1.807) is 6.92 Å². The van der Waals surface area contributed by atoms with Crippen LogP contribution in [0, 0.1) is 6.92 Å². The van der Waals surface area contributed by atoms with Crippen LogP contribution in [0.3, 0.4) is 0 Å². The van der Waals surface area contributed by atoms with Crippen LogP contribution in [-0.2, 0) is 10.0 Å². The third-order valence-electron chi connectivity index (χ3n) is 2.29. The average molecular weight is 245 g/mol. The minimum atomic E-state index is -3.39. The van der Waals surface area contributed by atoms with Crippen molar-refractivity contribution in [2.75, 3.05) is 6.54 Å². The maximum atomic E-state index is 11.7. The molecule has 0 fully saturated rings. The molecule has 0 amide bonds. The lowest BCUT2D eigenvalue weighted by Crippen LogP contribution is -2.25. The summed E-state index contributed by atoms with van der Waals surface area (Å²) in [4.78, 5) is 6.57. The average Bonchev–Trinajstić information content (AvgIpc) is 2.65. The SMILES string of the molecule is CCCCCCNS(=O)(=O)c1cnc(C)[nH]1. The van der Waals surface area contributed by atoms with E-state index in [0.29, 0.717) is 12.4 Å². The molecule has 1 heterocycles. The first-order chi connectivity index (χ1) is 7.56. The minimum Gasteiger partial charge on any atom is -0.332 e. The number of aromatic amines is 1. The fraction of sp³-hybridized carbons (Fsp3) is 0.700. The van der Waals surface area contributed by atoms with Gasteiger partial charge in [-0.25, -0.2) is 18.1 Å². The summed E-state index contributed by atoms with van der Waals surface area (Å²) >= 11 is 0. The number of nitrogens with zero attached hydrogens (tertiary/aromatic N) is 1. The highest BCUT2D eigenvalue weighted by Crippen LogP contribution is 2.05. The Morgan fingerprint density at radius 1 is 1.38 bits per heavy atom. The Morgan fingerprint density at radius 2 is 2.12 bits per heavy atom. The second-order valence-electron chi connectivity index (χ2n) is 3.79. The Kier molecular flexibility index (Phi) is 4.95. The quantitative estimate of drug-likeness (QED) is 0.716. The molecular formula is C10H19N3O2S. The Balaban J connectivity index is 2.41. The fourth-order valence-corrected chi connectivity index (χ4v) is 2.41. The van der Waals surface area contributed by atoms with Crippen LogP contribution < -0.4 is 4.72 Å². The normalized spacial score (nSPS) is 11.9. The number of aromatic nitrogens is 2. The number of imidazole rings is 1. The van der Waals surface area contributed by atoms with Crippen LogP contribution in [0.25, 0.3) is 0 Å². The summed E-state index contributed by atoms with van der Waals surface area (Å²) in [7, 11) is -3.39. The molecule has 5 nitrogen and oxygen atoms in total. The van der Waals surface area contributed by atoms with Crippen molar-refractivity contribution >= 4 is 10.0 Å². The predicted octanol–water partition coefficient (Wildman–Crippen LogP) is 1.58. The van der Waals surface area contributed by atoms with Gasteiger partial charge in [-0.1, -0.05) is 26.2 Å². The summed E-state index contributed by atoms with van der Waals surface area (Å²) in [5.41, 5.74) is 0. The molecule has 0 aliphatic rings. The second kappa shape index (κ2) is 6.00. The molecule has 0 aliphatic heterocycles. The van der Waals surface area contributed by atoms with E-state index in [1.165, 1.54) is 6.20 Å². The van der Waals surface area contributed by atoms with Gasteiger partial charge in [0.1, 0.15) is 5.82 Å². The van der Waals surface area contributed by atoms with Crippen LogP contribution in [-0.4, -0.2) is 24.9 Å². The first kappa shape index (κ1) is 13.2. The van der Waals surface area contributed by atoms with E-state index >= 15 is 0 Å². The zero-order chi connectivity index (χ0) is 12.0. The molecule has 0 saturated heterocycles. The van der Waals surface area contributed by atoms with Crippen LogP contribution in [0.4, 0.5) is 0 Å². The molecule has 16 heavy (non-hydrogen) atoms. The number of rotatable bonds is 7. The van der Waals surface area contributed by atoms with Crippen molar-refractivity contribution < 1.29 is 8.42 Å². The first-order valence-electron chi connectivity index (χ1n) is 5.57. The van der Waals surface area contributed by atoms with Gasteiger partial charge in [0.05, 0.1) is 6.20 Å². The highest BCUT2D eigenvalue weighted by atomic mass is 32.2. The van der Waals surface area contributed by atoms with Crippen LogP contribution in [0.1, 0.15) is 38.4 Å². The van der Waals surface area contributed by atoms with Crippen LogP contribution >= 0.6 is 0 Å². The number of nitrogens with one attached hydrogen (secondary N) is 2. The number of H-pyrrole nitrogens is 1. The summed E-state index contributed by atoms with van der Waals surface area (Å²) in [5.74, 6) is 0.603. The van der Waals surface area contributed by atoms with E-state index in [4.69, 9.17) is 0 Å². The lowest BCUT2D eigenvalue weighted by Gasteiger charge is -2.03. The molecule has 1 aromatic heterocycles. The highest BCUT2D eigenvalue weighted by molar-refractivity contribution is 7.89. The standard InChI is InChI=1S/C10H19N3O2S/c1-3-4-5-6-7-12-16(14,15)10-8-11-9(2)13-10/h8,12H,3-7H2,1-2H3,(H,11,13). The van der Waals surface area contributed by atoms with E-state index in [9.17, 15) is 8.42 Å². The van der Waals surface area contributed by atoms with Gasteiger partial charge in [0.25, 0.3) is 10.0 Å². The van der Waals surface area contributed by atoms with Gasteiger partial charge in [-0.05, 0) is 13.3 Å². The van der Waals surface area contributed by atoms with Gasteiger partial charge >= 0.3 is 0 Å². The minimum absolute atomic E-state index is 0.139. The van der Waals surface area contributed by atoms with Gasteiger partial charge in [0.15, 0.2) is 5.03 Å². The molecule has 1 aromatic rings. The molecule has 2 N–H and O–H groups in total. The Hall–Kier alpha value is -0.880. The number of sulfonamides is 1. The Bertz CT molecular complexity index is 411. The number of hydrogen-bond donors (Lipinski definition) is 2. The lowest BCUT2D eigenvalue weighted by molar-refractivity contribution is 0.570. The molecule has 0 unspecified atom stereocenters. The number of hydrogen-bond acceptors (Lipinski definition) is 3. The second-order valence-corrected chi connectivity index (χ2v) is 5.53. The molecule has 92 valence electrons. The smallest absolute Gasteiger partial charge is 0.257 e. The molecular weight excluding hydrogens is 226 g/mol. The van der Waals surface area contributed by atoms with Crippen molar-refractivity contribution in [3.05, 3.63) is 12.0 Å². The number of unbranched alkanes of at least 4 members (excludes halogenated alkanes) is 3. The molecule has 0 spiro atoms. The first-order valence-corrected chi connectivity index (χ1v) is 7.06. The maximum Gasteiger partial charge on any atom is 0.257 e. The van der Waals surface area contributed by atoms with Gasteiger partial charge in [-0.15, -0.1) is 0 Å².